The SMILES string of the molecule is O=C1O[C@]2(CCN(C(=O)C3(c4ccc(N5CCOC5=O)cc4)CCC3)C2)c2ccccc21. The molecule has 3 aliphatic heterocycles. The van der Waals surface area contributed by atoms with E-state index in [1.807, 2.05) is 47.4 Å². The number of hydrogen-bond acceptors (Lipinski definition) is 5. The zero-order valence-electron chi connectivity index (χ0n) is 17.7. The summed E-state index contributed by atoms with van der Waals surface area (Å²) in [4.78, 5) is 41.5. The van der Waals surface area contributed by atoms with Crippen LogP contribution in [0.15, 0.2) is 48.5 Å². The molecule has 1 atom stereocenters. The van der Waals surface area contributed by atoms with Gasteiger partial charge in [-0.1, -0.05) is 36.8 Å². The van der Waals surface area contributed by atoms with Crippen molar-refractivity contribution >= 4 is 23.7 Å². The molecule has 0 N–H and O–H groups in total. The van der Waals surface area contributed by atoms with Crippen molar-refractivity contribution in [2.24, 2.45) is 0 Å². The summed E-state index contributed by atoms with van der Waals surface area (Å²) in [6, 6.07) is 15.2. The van der Waals surface area contributed by atoms with E-state index in [-0.39, 0.29) is 18.0 Å². The van der Waals surface area contributed by atoms with Crippen LogP contribution in [0.2, 0.25) is 0 Å². The molecule has 0 bridgehead atoms. The van der Waals surface area contributed by atoms with Gasteiger partial charge in [0.25, 0.3) is 0 Å². The standard InChI is InChI=1S/C25H24N2O5/c28-21-19-4-1-2-5-20(19)25(32-21)12-13-26(16-25)22(29)24(10-3-11-24)17-6-8-18(9-7-17)27-14-15-31-23(27)30/h1-2,4-9H,3,10-16H2/t25-/m0/s1. The van der Waals surface area contributed by atoms with Crippen LogP contribution in [0.1, 0.15) is 47.2 Å². The van der Waals surface area contributed by atoms with E-state index in [1.165, 1.54) is 0 Å². The van der Waals surface area contributed by atoms with Crippen LogP contribution < -0.4 is 4.90 Å². The molecular formula is C25H24N2O5. The Hall–Kier alpha value is -3.35. The number of cyclic esters (lactones) is 1. The van der Waals surface area contributed by atoms with Crippen molar-refractivity contribution in [3.63, 3.8) is 0 Å². The molecule has 1 saturated carbocycles. The minimum absolute atomic E-state index is 0.106. The first-order valence-corrected chi connectivity index (χ1v) is 11.2. The Morgan fingerprint density at radius 1 is 0.938 bits per heavy atom. The van der Waals surface area contributed by atoms with Gasteiger partial charge in [-0.2, -0.15) is 0 Å². The molecule has 164 valence electrons. The smallest absolute Gasteiger partial charge is 0.414 e. The Balaban J connectivity index is 1.25. The topological polar surface area (TPSA) is 76.2 Å². The lowest BCUT2D eigenvalue weighted by molar-refractivity contribution is -0.140. The predicted molar refractivity (Wildman–Crippen MR) is 115 cm³/mol. The molecule has 0 radical (unpaired) electrons. The number of amides is 2. The molecule has 1 spiro atoms. The Kier molecular flexibility index (Phi) is 4.12. The summed E-state index contributed by atoms with van der Waals surface area (Å²) in [6.07, 6.45) is 2.89. The molecule has 32 heavy (non-hydrogen) atoms. The number of hydrogen-bond donors (Lipinski definition) is 0. The van der Waals surface area contributed by atoms with E-state index < -0.39 is 11.0 Å². The second kappa shape index (κ2) is 6.82. The van der Waals surface area contributed by atoms with Gasteiger partial charge in [0, 0.05) is 24.2 Å². The molecule has 3 fully saturated rings. The molecule has 0 unspecified atom stereocenters. The molecule has 6 rings (SSSR count). The second-order valence-electron chi connectivity index (χ2n) is 9.15. The largest absolute Gasteiger partial charge is 0.449 e. The van der Waals surface area contributed by atoms with E-state index in [0.717, 1.165) is 36.1 Å². The van der Waals surface area contributed by atoms with Crippen LogP contribution >= 0.6 is 0 Å². The van der Waals surface area contributed by atoms with Crippen molar-refractivity contribution in [3.8, 4) is 0 Å². The van der Waals surface area contributed by atoms with Gasteiger partial charge in [-0.15, -0.1) is 0 Å². The zero-order chi connectivity index (χ0) is 21.9. The average Bonchev–Trinajstić information content (AvgIpc) is 3.47. The van der Waals surface area contributed by atoms with Crippen molar-refractivity contribution < 1.29 is 23.9 Å². The van der Waals surface area contributed by atoms with Gasteiger partial charge in [-0.3, -0.25) is 9.69 Å². The van der Waals surface area contributed by atoms with Crippen molar-refractivity contribution in [1.29, 1.82) is 0 Å². The fourth-order valence-electron chi connectivity index (χ4n) is 5.65. The lowest BCUT2D eigenvalue weighted by Crippen LogP contribution is -2.51. The van der Waals surface area contributed by atoms with Crippen LogP contribution in [0.3, 0.4) is 0 Å². The van der Waals surface area contributed by atoms with Crippen molar-refractivity contribution in [2.75, 3.05) is 31.1 Å². The van der Waals surface area contributed by atoms with E-state index in [4.69, 9.17) is 9.47 Å². The van der Waals surface area contributed by atoms with Crippen molar-refractivity contribution in [1.82, 2.24) is 4.90 Å². The Bertz CT molecular complexity index is 1120. The fourth-order valence-corrected chi connectivity index (χ4v) is 5.65. The van der Waals surface area contributed by atoms with Gasteiger partial charge in [0.05, 0.1) is 24.1 Å². The molecule has 7 heteroatoms. The minimum atomic E-state index is -0.728. The number of anilines is 1. The van der Waals surface area contributed by atoms with Crippen molar-refractivity contribution in [2.45, 2.75) is 36.7 Å². The number of nitrogens with zero attached hydrogens (tertiary/aromatic N) is 2. The maximum Gasteiger partial charge on any atom is 0.414 e. The van der Waals surface area contributed by atoms with Gasteiger partial charge in [-0.05, 0) is 36.6 Å². The Labute approximate surface area is 185 Å². The number of ether oxygens (including phenoxy) is 2. The third kappa shape index (κ3) is 2.63. The number of carbonyl (C=O) groups is 3. The van der Waals surface area contributed by atoms with Crippen LogP contribution in [0.4, 0.5) is 10.5 Å². The van der Waals surface area contributed by atoms with Crippen LogP contribution in [0.25, 0.3) is 0 Å². The van der Waals surface area contributed by atoms with Crippen LogP contribution in [0, 0.1) is 0 Å². The highest BCUT2D eigenvalue weighted by atomic mass is 16.6. The Morgan fingerprint density at radius 3 is 2.41 bits per heavy atom. The summed E-state index contributed by atoms with van der Waals surface area (Å²) >= 11 is 0. The fraction of sp³-hybridized carbons (Fsp3) is 0.400. The van der Waals surface area contributed by atoms with Gasteiger partial charge in [-0.25, -0.2) is 9.59 Å². The Morgan fingerprint density at radius 2 is 1.72 bits per heavy atom. The molecule has 4 aliphatic rings. The second-order valence-corrected chi connectivity index (χ2v) is 9.15. The summed E-state index contributed by atoms with van der Waals surface area (Å²) in [5.74, 6) is -0.196. The molecule has 2 saturated heterocycles. The molecule has 1 aliphatic carbocycles. The lowest BCUT2D eigenvalue weighted by Gasteiger charge is -2.43. The molecule has 2 aromatic rings. The van der Waals surface area contributed by atoms with E-state index in [0.29, 0.717) is 38.2 Å². The number of esters is 1. The molecular weight excluding hydrogens is 408 g/mol. The number of likely N-dealkylation sites (tertiary alicyclic amines) is 1. The summed E-state index contributed by atoms with van der Waals surface area (Å²) in [5, 5.41) is 0. The van der Waals surface area contributed by atoms with Gasteiger partial charge < -0.3 is 14.4 Å². The summed E-state index contributed by atoms with van der Waals surface area (Å²) in [6.45, 7) is 1.90. The highest BCUT2D eigenvalue weighted by molar-refractivity contribution is 5.95. The highest BCUT2D eigenvalue weighted by Gasteiger charge is 2.55. The summed E-state index contributed by atoms with van der Waals surface area (Å²) in [5.41, 5.74) is 2.00. The normalized spacial score (nSPS) is 25.5. The van der Waals surface area contributed by atoms with Crippen LogP contribution in [0.5, 0.6) is 0 Å². The number of rotatable bonds is 3. The van der Waals surface area contributed by atoms with Gasteiger partial charge >= 0.3 is 12.1 Å². The molecule has 2 amide bonds. The van der Waals surface area contributed by atoms with Crippen LogP contribution in [-0.2, 0) is 25.3 Å². The van der Waals surface area contributed by atoms with E-state index in [9.17, 15) is 14.4 Å². The van der Waals surface area contributed by atoms with Gasteiger partial charge in [0.2, 0.25) is 5.91 Å². The minimum Gasteiger partial charge on any atom is -0.449 e. The first-order valence-electron chi connectivity index (χ1n) is 11.2. The quantitative estimate of drug-likeness (QED) is 0.696. The average molecular weight is 432 g/mol. The van der Waals surface area contributed by atoms with Gasteiger partial charge in [0.1, 0.15) is 6.61 Å². The maximum atomic E-state index is 13.8. The van der Waals surface area contributed by atoms with E-state index >= 15 is 0 Å². The first kappa shape index (κ1) is 19.3. The van der Waals surface area contributed by atoms with Crippen molar-refractivity contribution in [3.05, 3.63) is 65.2 Å². The molecule has 0 aromatic heterocycles. The number of carbonyl (C=O) groups excluding carboxylic acids is 3. The third-order valence-corrected chi connectivity index (χ3v) is 7.55. The highest BCUT2D eigenvalue weighted by Crippen LogP contribution is 2.49. The summed E-state index contributed by atoms with van der Waals surface area (Å²) < 4.78 is 10.9. The zero-order valence-corrected chi connectivity index (χ0v) is 17.7. The maximum absolute atomic E-state index is 13.8. The van der Waals surface area contributed by atoms with Crippen LogP contribution in [-0.4, -0.2) is 49.1 Å². The monoisotopic (exact) mass is 432 g/mol. The number of fused-ring (bicyclic) bond motifs is 2. The van der Waals surface area contributed by atoms with Gasteiger partial charge in [0.15, 0.2) is 5.60 Å². The van der Waals surface area contributed by atoms with E-state index in [2.05, 4.69) is 0 Å². The molecule has 3 heterocycles. The van der Waals surface area contributed by atoms with E-state index in [1.54, 1.807) is 11.0 Å². The first-order chi connectivity index (χ1) is 15.5. The predicted octanol–water partition coefficient (Wildman–Crippen LogP) is 3.36. The number of benzene rings is 2. The third-order valence-electron chi connectivity index (χ3n) is 7.55. The summed E-state index contributed by atoms with van der Waals surface area (Å²) in [7, 11) is 0. The molecule has 7 nitrogen and oxygen atoms in total. The lowest BCUT2D eigenvalue weighted by atomic mass is 9.63. The molecule has 2 aromatic carbocycles.